The second kappa shape index (κ2) is 11.8. The monoisotopic (exact) mass is 465 g/mol. The number of aromatic nitrogens is 1. The van der Waals surface area contributed by atoms with Gasteiger partial charge in [0.15, 0.2) is 6.10 Å². The van der Waals surface area contributed by atoms with Crippen LogP contribution in [0.4, 0.5) is 0 Å². The Morgan fingerprint density at radius 1 is 1.03 bits per heavy atom. The molecule has 1 aromatic heterocycles. The van der Waals surface area contributed by atoms with Crippen LogP contribution >= 0.6 is 0 Å². The predicted octanol–water partition coefficient (Wildman–Crippen LogP) is 6.17. The summed E-state index contributed by atoms with van der Waals surface area (Å²) in [4.78, 5) is 16.8. The van der Waals surface area contributed by atoms with E-state index >= 15 is 0 Å². The van der Waals surface area contributed by atoms with Crippen LogP contribution in [0.5, 0.6) is 5.75 Å². The number of rotatable bonds is 11. The molecule has 0 aliphatic carbocycles. The van der Waals surface area contributed by atoms with E-state index in [4.69, 9.17) is 18.6 Å². The summed E-state index contributed by atoms with van der Waals surface area (Å²) in [5.74, 6) is 2.22. The SMILES string of the molecule is CCOC(=O)C(Cc1ccc(OCc2nc(-c3ccc(C(C)C)cc3)oc2C)cc1C)OCC. The highest BCUT2D eigenvalue weighted by atomic mass is 16.6. The van der Waals surface area contributed by atoms with Crippen LogP contribution in [0.1, 0.15) is 61.8 Å². The first-order valence-electron chi connectivity index (χ1n) is 11.9. The van der Waals surface area contributed by atoms with E-state index in [9.17, 15) is 4.79 Å². The van der Waals surface area contributed by atoms with Crippen molar-refractivity contribution in [3.8, 4) is 17.2 Å². The van der Waals surface area contributed by atoms with Crippen LogP contribution in [0.15, 0.2) is 46.9 Å². The standard InChI is InChI=1S/C28H35NO5/c1-7-31-26(28(30)32-8-2)16-23-13-14-24(15-19(23)5)33-17-25-20(6)34-27(29-25)22-11-9-21(10-12-22)18(3)4/h9-15,18,26H,7-8,16-17H2,1-6H3. The van der Waals surface area contributed by atoms with Gasteiger partial charge in [-0.15, -0.1) is 0 Å². The van der Waals surface area contributed by atoms with Gasteiger partial charge in [-0.1, -0.05) is 32.0 Å². The quantitative estimate of drug-likeness (QED) is 0.315. The summed E-state index contributed by atoms with van der Waals surface area (Å²) in [7, 11) is 0. The lowest BCUT2D eigenvalue weighted by atomic mass is 10.0. The van der Waals surface area contributed by atoms with Gasteiger partial charge in [-0.25, -0.2) is 9.78 Å². The molecule has 0 saturated carbocycles. The number of aryl methyl sites for hydroxylation is 2. The Labute approximate surface area is 202 Å². The minimum absolute atomic E-state index is 0.308. The molecule has 0 aliphatic heterocycles. The molecule has 0 fully saturated rings. The molecule has 6 nitrogen and oxygen atoms in total. The number of ether oxygens (including phenoxy) is 3. The van der Waals surface area contributed by atoms with Crippen molar-refractivity contribution in [2.24, 2.45) is 0 Å². The van der Waals surface area contributed by atoms with Crippen molar-refractivity contribution in [1.82, 2.24) is 4.98 Å². The Kier molecular flexibility index (Phi) is 8.88. The molecule has 0 amide bonds. The molecule has 3 rings (SSSR count). The molecule has 0 spiro atoms. The molecule has 3 aromatic rings. The predicted molar refractivity (Wildman–Crippen MR) is 132 cm³/mol. The Bertz CT molecular complexity index is 1080. The van der Waals surface area contributed by atoms with Crippen molar-refractivity contribution in [2.75, 3.05) is 13.2 Å². The summed E-state index contributed by atoms with van der Waals surface area (Å²) >= 11 is 0. The van der Waals surface area contributed by atoms with E-state index in [-0.39, 0.29) is 5.97 Å². The number of carbonyl (C=O) groups is 1. The first-order chi connectivity index (χ1) is 16.3. The Hall–Kier alpha value is -3.12. The van der Waals surface area contributed by atoms with Gasteiger partial charge < -0.3 is 18.6 Å². The summed E-state index contributed by atoms with van der Waals surface area (Å²) in [5.41, 5.74) is 5.04. The highest BCUT2D eigenvalue weighted by Gasteiger charge is 2.21. The zero-order valence-corrected chi connectivity index (χ0v) is 21.0. The Morgan fingerprint density at radius 2 is 1.76 bits per heavy atom. The van der Waals surface area contributed by atoms with Gasteiger partial charge in [0.25, 0.3) is 0 Å². The lowest BCUT2D eigenvalue weighted by molar-refractivity contribution is -0.156. The average molecular weight is 466 g/mol. The number of oxazole rings is 1. The van der Waals surface area contributed by atoms with Gasteiger partial charge in [0, 0.05) is 18.6 Å². The van der Waals surface area contributed by atoms with Crippen LogP contribution in [-0.2, 0) is 27.3 Å². The zero-order chi connectivity index (χ0) is 24.7. The van der Waals surface area contributed by atoms with Crippen molar-refractivity contribution >= 4 is 5.97 Å². The maximum Gasteiger partial charge on any atom is 0.335 e. The van der Waals surface area contributed by atoms with Crippen molar-refractivity contribution < 1.29 is 23.4 Å². The molecule has 0 bridgehead atoms. The third kappa shape index (κ3) is 6.48. The van der Waals surface area contributed by atoms with Gasteiger partial charge in [0.1, 0.15) is 23.8 Å². The third-order valence-electron chi connectivity index (χ3n) is 5.73. The minimum atomic E-state index is -0.610. The van der Waals surface area contributed by atoms with E-state index in [1.165, 1.54) is 5.56 Å². The molecule has 1 atom stereocenters. The largest absolute Gasteiger partial charge is 0.487 e. The van der Waals surface area contributed by atoms with Crippen LogP contribution in [-0.4, -0.2) is 30.3 Å². The summed E-state index contributed by atoms with van der Waals surface area (Å²) < 4.78 is 22.6. The van der Waals surface area contributed by atoms with Crippen molar-refractivity contribution in [2.45, 2.75) is 66.6 Å². The number of esters is 1. The number of benzene rings is 2. The van der Waals surface area contributed by atoms with Crippen molar-refractivity contribution in [3.63, 3.8) is 0 Å². The fraction of sp³-hybridized carbons (Fsp3) is 0.429. The summed E-state index contributed by atoms with van der Waals surface area (Å²) in [6.07, 6.45) is -0.152. The number of hydrogen-bond donors (Lipinski definition) is 0. The second-order valence-electron chi connectivity index (χ2n) is 8.58. The first kappa shape index (κ1) is 25.5. The fourth-order valence-electron chi connectivity index (χ4n) is 3.68. The van der Waals surface area contributed by atoms with Crippen LogP contribution in [0.3, 0.4) is 0 Å². The summed E-state index contributed by atoms with van der Waals surface area (Å²) in [6, 6.07) is 14.1. The van der Waals surface area contributed by atoms with Gasteiger partial charge >= 0.3 is 5.97 Å². The average Bonchev–Trinajstić information content (AvgIpc) is 3.19. The topological polar surface area (TPSA) is 70.8 Å². The maximum absolute atomic E-state index is 12.2. The van der Waals surface area contributed by atoms with Gasteiger partial charge in [-0.3, -0.25) is 0 Å². The molecule has 0 radical (unpaired) electrons. The number of hydrogen-bond acceptors (Lipinski definition) is 6. The van der Waals surface area contributed by atoms with E-state index in [0.29, 0.717) is 38.1 Å². The number of carbonyl (C=O) groups excluding carboxylic acids is 1. The molecule has 6 heteroatoms. The molecule has 1 heterocycles. The fourth-order valence-corrected chi connectivity index (χ4v) is 3.68. The highest BCUT2D eigenvalue weighted by Crippen LogP contribution is 2.26. The third-order valence-corrected chi connectivity index (χ3v) is 5.73. The normalized spacial score (nSPS) is 12.1. The van der Waals surface area contributed by atoms with Gasteiger partial charge in [0.05, 0.1) is 6.61 Å². The van der Waals surface area contributed by atoms with Crippen molar-refractivity contribution in [1.29, 1.82) is 0 Å². The molecule has 182 valence electrons. The highest BCUT2D eigenvalue weighted by molar-refractivity contribution is 5.75. The summed E-state index contributed by atoms with van der Waals surface area (Å²) in [6.45, 7) is 13.0. The van der Waals surface area contributed by atoms with Crippen molar-refractivity contribution in [3.05, 3.63) is 70.6 Å². The lowest BCUT2D eigenvalue weighted by Crippen LogP contribution is -2.29. The van der Waals surface area contributed by atoms with E-state index < -0.39 is 6.10 Å². The van der Waals surface area contributed by atoms with E-state index in [0.717, 1.165) is 33.9 Å². The van der Waals surface area contributed by atoms with Gasteiger partial charge in [0.2, 0.25) is 5.89 Å². The molecule has 0 aliphatic rings. The maximum atomic E-state index is 12.2. The molecule has 2 aromatic carbocycles. The van der Waals surface area contributed by atoms with Gasteiger partial charge in [-0.2, -0.15) is 0 Å². The molecule has 34 heavy (non-hydrogen) atoms. The van der Waals surface area contributed by atoms with Crippen LogP contribution in [0.2, 0.25) is 0 Å². The molecular formula is C28H35NO5. The summed E-state index contributed by atoms with van der Waals surface area (Å²) in [5, 5.41) is 0. The molecule has 1 unspecified atom stereocenters. The van der Waals surface area contributed by atoms with E-state index in [1.54, 1.807) is 6.92 Å². The Morgan fingerprint density at radius 3 is 2.38 bits per heavy atom. The Balaban J connectivity index is 1.65. The molecule has 0 saturated heterocycles. The van der Waals surface area contributed by atoms with Crippen LogP contribution < -0.4 is 4.74 Å². The van der Waals surface area contributed by atoms with Gasteiger partial charge in [-0.05, 0) is 74.6 Å². The smallest absolute Gasteiger partial charge is 0.335 e. The zero-order valence-electron chi connectivity index (χ0n) is 21.0. The minimum Gasteiger partial charge on any atom is -0.487 e. The van der Waals surface area contributed by atoms with Crippen LogP contribution in [0, 0.1) is 13.8 Å². The lowest BCUT2D eigenvalue weighted by Gasteiger charge is -2.17. The molecular weight excluding hydrogens is 430 g/mol. The van der Waals surface area contributed by atoms with E-state index in [1.807, 2.05) is 51.1 Å². The van der Waals surface area contributed by atoms with E-state index in [2.05, 4.69) is 31.0 Å². The number of nitrogens with zero attached hydrogens (tertiary/aromatic N) is 1. The van der Waals surface area contributed by atoms with Crippen LogP contribution in [0.25, 0.3) is 11.5 Å². The second-order valence-corrected chi connectivity index (χ2v) is 8.58. The molecule has 0 N–H and O–H groups in total. The first-order valence-corrected chi connectivity index (χ1v) is 11.9.